The molecular formula is C16H14O3S. The lowest BCUT2D eigenvalue weighted by atomic mass is 10.1. The van der Waals surface area contributed by atoms with Crippen LogP contribution in [0, 0.1) is 6.92 Å². The van der Waals surface area contributed by atoms with Crippen molar-refractivity contribution in [3.63, 3.8) is 0 Å². The second kappa shape index (κ2) is 5.84. The fourth-order valence-corrected chi connectivity index (χ4v) is 2.63. The summed E-state index contributed by atoms with van der Waals surface area (Å²) >= 11 is 0. The summed E-state index contributed by atoms with van der Waals surface area (Å²) in [5.74, 6) is -0.332. The molecule has 20 heavy (non-hydrogen) atoms. The molecule has 0 bridgehead atoms. The second-order valence-corrected chi connectivity index (χ2v) is 6.22. The van der Waals surface area contributed by atoms with Gasteiger partial charge in [0.1, 0.15) is 0 Å². The van der Waals surface area contributed by atoms with Crippen molar-refractivity contribution in [3.8, 4) is 0 Å². The molecule has 2 aromatic carbocycles. The van der Waals surface area contributed by atoms with Crippen LogP contribution in [0.15, 0.2) is 71.0 Å². The number of sulfone groups is 1. The molecule has 0 amide bonds. The lowest BCUT2D eigenvalue weighted by Crippen LogP contribution is -1.99. The Balaban J connectivity index is 2.22. The maximum atomic E-state index is 12.0. The van der Waals surface area contributed by atoms with Crippen LogP contribution in [-0.2, 0) is 9.84 Å². The molecular weight excluding hydrogens is 272 g/mol. The fourth-order valence-electron chi connectivity index (χ4n) is 1.66. The predicted octanol–water partition coefficient (Wildman–Crippen LogP) is 3.17. The largest absolute Gasteiger partial charge is 0.289 e. The average Bonchev–Trinajstić information content (AvgIpc) is 2.46. The maximum Gasteiger partial charge on any atom is 0.199 e. The number of ketones is 1. The zero-order valence-electron chi connectivity index (χ0n) is 11.0. The first-order chi connectivity index (χ1) is 9.49. The van der Waals surface area contributed by atoms with Crippen LogP contribution in [0.5, 0.6) is 0 Å². The summed E-state index contributed by atoms with van der Waals surface area (Å²) in [6, 6.07) is 15.1. The van der Waals surface area contributed by atoms with Gasteiger partial charge in [0.25, 0.3) is 0 Å². The van der Waals surface area contributed by atoms with E-state index < -0.39 is 9.84 Å². The van der Waals surface area contributed by atoms with Crippen molar-refractivity contribution in [3.05, 3.63) is 77.2 Å². The average molecular weight is 286 g/mol. The normalized spacial score (nSPS) is 11.7. The van der Waals surface area contributed by atoms with Crippen LogP contribution in [0.4, 0.5) is 0 Å². The minimum absolute atomic E-state index is 0.181. The van der Waals surface area contributed by atoms with Gasteiger partial charge in [-0.05, 0) is 25.1 Å². The second-order valence-electron chi connectivity index (χ2n) is 4.39. The van der Waals surface area contributed by atoms with E-state index in [2.05, 4.69) is 0 Å². The number of hydrogen-bond donors (Lipinski definition) is 0. The van der Waals surface area contributed by atoms with E-state index in [1.807, 2.05) is 6.92 Å². The standard InChI is InChI=1S/C16H14O3S/c1-13-7-9-15(10-8-13)20(18,19)12-11-16(17)14-5-3-2-4-6-14/h2-12H,1H3. The Bertz CT molecular complexity index is 727. The van der Waals surface area contributed by atoms with Crippen molar-refractivity contribution in [2.45, 2.75) is 11.8 Å². The predicted molar refractivity (Wildman–Crippen MR) is 78.3 cm³/mol. The Labute approximate surface area is 118 Å². The highest BCUT2D eigenvalue weighted by Crippen LogP contribution is 2.13. The van der Waals surface area contributed by atoms with Crippen LogP contribution in [0.3, 0.4) is 0 Å². The van der Waals surface area contributed by atoms with Crippen LogP contribution in [-0.4, -0.2) is 14.2 Å². The van der Waals surface area contributed by atoms with E-state index in [0.717, 1.165) is 17.0 Å². The lowest BCUT2D eigenvalue weighted by Gasteiger charge is -1.99. The third kappa shape index (κ3) is 3.42. The molecule has 0 aliphatic rings. The highest BCUT2D eigenvalue weighted by atomic mass is 32.2. The number of aryl methyl sites for hydroxylation is 1. The van der Waals surface area contributed by atoms with Crippen molar-refractivity contribution >= 4 is 15.6 Å². The van der Waals surface area contributed by atoms with Gasteiger partial charge in [-0.15, -0.1) is 0 Å². The Kier molecular flexibility index (Phi) is 4.15. The summed E-state index contributed by atoms with van der Waals surface area (Å²) in [4.78, 5) is 12.0. The summed E-state index contributed by atoms with van der Waals surface area (Å²) in [6.07, 6.45) is 1.09. The van der Waals surface area contributed by atoms with Gasteiger partial charge in [0.05, 0.1) is 4.90 Å². The van der Waals surface area contributed by atoms with E-state index in [9.17, 15) is 13.2 Å². The highest BCUT2D eigenvalue weighted by molar-refractivity contribution is 7.94. The molecule has 0 saturated heterocycles. The Morgan fingerprint density at radius 2 is 1.55 bits per heavy atom. The van der Waals surface area contributed by atoms with Gasteiger partial charge < -0.3 is 0 Å². The van der Waals surface area contributed by atoms with Gasteiger partial charge in [-0.2, -0.15) is 0 Å². The minimum atomic E-state index is -3.58. The topological polar surface area (TPSA) is 51.2 Å². The van der Waals surface area contributed by atoms with Crippen LogP contribution in [0.2, 0.25) is 0 Å². The van der Waals surface area contributed by atoms with Gasteiger partial charge >= 0.3 is 0 Å². The van der Waals surface area contributed by atoms with E-state index in [1.54, 1.807) is 42.5 Å². The van der Waals surface area contributed by atoms with E-state index in [1.165, 1.54) is 12.1 Å². The molecule has 102 valence electrons. The molecule has 0 heterocycles. The molecule has 4 heteroatoms. The zero-order chi connectivity index (χ0) is 14.6. The van der Waals surface area contributed by atoms with Crippen molar-refractivity contribution in [1.29, 1.82) is 0 Å². The number of rotatable bonds is 4. The number of carbonyl (C=O) groups is 1. The van der Waals surface area contributed by atoms with Gasteiger partial charge in [0.15, 0.2) is 15.6 Å². The molecule has 0 unspecified atom stereocenters. The van der Waals surface area contributed by atoms with E-state index >= 15 is 0 Å². The van der Waals surface area contributed by atoms with E-state index in [4.69, 9.17) is 0 Å². The first-order valence-corrected chi connectivity index (χ1v) is 7.63. The molecule has 2 rings (SSSR count). The first kappa shape index (κ1) is 14.2. The van der Waals surface area contributed by atoms with Crippen molar-refractivity contribution in [1.82, 2.24) is 0 Å². The van der Waals surface area contributed by atoms with Gasteiger partial charge in [-0.3, -0.25) is 4.79 Å². The molecule has 0 aliphatic heterocycles. The molecule has 2 aromatic rings. The zero-order valence-corrected chi connectivity index (χ0v) is 11.8. The van der Waals surface area contributed by atoms with Crippen LogP contribution in [0.1, 0.15) is 15.9 Å². The Hall–Kier alpha value is -2.20. The molecule has 3 nitrogen and oxygen atoms in total. The molecule has 0 spiro atoms. The monoisotopic (exact) mass is 286 g/mol. The van der Waals surface area contributed by atoms with E-state index in [0.29, 0.717) is 5.56 Å². The summed E-state index contributed by atoms with van der Waals surface area (Å²) in [6.45, 7) is 1.88. The minimum Gasteiger partial charge on any atom is -0.289 e. The Morgan fingerprint density at radius 3 is 2.15 bits per heavy atom. The number of allylic oxidation sites excluding steroid dienone is 1. The van der Waals surface area contributed by atoms with Crippen molar-refractivity contribution in [2.24, 2.45) is 0 Å². The quantitative estimate of drug-likeness (QED) is 0.641. The Morgan fingerprint density at radius 1 is 0.950 bits per heavy atom. The summed E-state index contributed by atoms with van der Waals surface area (Å²) in [7, 11) is -3.58. The number of hydrogen-bond acceptors (Lipinski definition) is 3. The van der Waals surface area contributed by atoms with Crippen LogP contribution >= 0.6 is 0 Å². The molecule has 0 radical (unpaired) electrons. The molecule has 0 atom stereocenters. The third-order valence-corrected chi connectivity index (χ3v) is 4.23. The summed E-state index contributed by atoms with van der Waals surface area (Å²) in [5.41, 5.74) is 1.44. The molecule has 0 aliphatic carbocycles. The summed E-state index contributed by atoms with van der Waals surface area (Å²) in [5, 5.41) is 0.951. The first-order valence-electron chi connectivity index (χ1n) is 6.08. The van der Waals surface area contributed by atoms with Gasteiger partial charge in [0, 0.05) is 11.0 Å². The maximum absolute atomic E-state index is 12.0. The lowest BCUT2D eigenvalue weighted by molar-refractivity contribution is 0.104. The molecule has 0 fully saturated rings. The smallest absolute Gasteiger partial charge is 0.199 e. The number of benzene rings is 2. The SMILES string of the molecule is Cc1ccc(S(=O)(=O)C=CC(=O)c2ccccc2)cc1. The van der Waals surface area contributed by atoms with Crippen LogP contribution < -0.4 is 0 Å². The third-order valence-electron chi connectivity index (χ3n) is 2.81. The number of carbonyl (C=O) groups excluding carboxylic acids is 1. The fraction of sp³-hybridized carbons (Fsp3) is 0.0625. The molecule has 0 saturated carbocycles. The highest BCUT2D eigenvalue weighted by Gasteiger charge is 2.10. The van der Waals surface area contributed by atoms with Crippen molar-refractivity contribution in [2.75, 3.05) is 0 Å². The van der Waals surface area contributed by atoms with Crippen LogP contribution in [0.25, 0.3) is 0 Å². The van der Waals surface area contributed by atoms with Crippen molar-refractivity contribution < 1.29 is 13.2 Å². The van der Waals surface area contributed by atoms with Gasteiger partial charge in [0.2, 0.25) is 0 Å². The van der Waals surface area contributed by atoms with E-state index in [-0.39, 0.29) is 10.7 Å². The molecule has 0 aromatic heterocycles. The van der Waals surface area contributed by atoms with Gasteiger partial charge in [-0.1, -0.05) is 48.0 Å². The summed E-state index contributed by atoms with van der Waals surface area (Å²) < 4.78 is 24.1. The molecule has 0 N–H and O–H groups in total. The van der Waals surface area contributed by atoms with Gasteiger partial charge in [-0.25, -0.2) is 8.42 Å².